The Labute approximate surface area is 422 Å². The molecule has 0 bridgehead atoms. The second-order valence-electron chi connectivity index (χ2n) is 18.2. The summed E-state index contributed by atoms with van der Waals surface area (Å²) in [6, 6.07) is 109. The second kappa shape index (κ2) is 19.8. The molecule has 0 aliphatic rings. The molecule has 0 saturated heterocycles. The molecule has 0 atom stereocenters. The molecule has 0 fully saturated rings. The van der Waals surface area contributed by atoms with Crippen molar-refractivity contribution in [3.05, 3.63) is 303 Å². The van der Waals surface area contributed by atoms with E-state index in [1.165, 1.54) is 66.4 Å². The van der Waals surface area contributed by atoms with Crippen LogP contribution in [0.4, 0.5) is 34.1 Å². The first-order valence-electron chi connectivity index (χ1n) is 24.6. The van der Waals surface area contributed by atoms with Crippen LogP contribution >= 0.6 is 0 Å². The minimum Gasteiger partial charge on any atom is -0.311 e. The quantitative estimate of drug-likeness (QED) is 0.120. The lowest BCUT2D eigenvalue weighted by atomic mass is 9.98. The van der Waals surface area contributed by atoms with E-state index in [4.69, 9.17) is 0 Å². The van der Waals surface area contributed by atoms with Crippen molar-refractivity contribution in [2.75, 3.05) is 9.80 Å². The van der Waals surface area contributed by atoms with Gasteiger partial charge in [0.1, 0.15) is 0 Å². The van der Waals surface area contributed by atoms with E-state index in [1.807, 2.05) is 0 Å². The Hall–Kier alpha value is -9.50. The molecule has 340 valence electrons. The van der Waals surface area contributed by atoms with Gasteiger partial charge in [0, 0.05) is 33.8 Å². The third-order valence-electron chi connectivity index (χ3n) is 13.7. The van der Waals surface area contributed by atoms with E-state index in [0.29, 0.717) is 0 Å². The van der Waals surface area contributed by atoms with Gasteiger partial charge in [0.05, 0.1) is 5.69 Å². The third kappa shape index (κ3) is 9.09. The maximum absolute atomic E-state index is 2.38. The number of benzene rings is 12. The summed E-state index contributed by atoms with van der Waals surface area (Å²) in [6.07, 6.45) is 0. The molecule has 0 aromatic heterocycles. The Bertz CT molecular complexity index is 3730. The number of hydrogen-bond donors (Lipinski definition) is 0. The van der Waals surface area contributed by atoms with E-state index in [0.717, 1.165) is 45.3 Å². The smallest absolute Gasteiger partial charge is 0.0540 e. The summed E-state index contributed by atoms with van der Waals surface area (Å²) in [5, 5.41) is 2.40. The monoisotopic (exact) mass is 918 g/mol. The van der Waals surface area contributed by atoms with Crippen molar-refractivity contribution in [1.82, 2.24) is 0 Å². The Kier molecular flexibility index (Phi) is 12.1. The summed E-state index contributed by atoms with van der Waals surface area (Å²) in [4.78, 5) is 4.73. The highest BCUT2D eigenvalue weighted by atomic mass is 15.1. The van der Waals surface area contributed by atoms with Gasteiger partial charge < -0.3 is 9.80 Å². The van der Waals surface area contributed by atoms with Crippen molar-refractivity contribution in [3.63, 3.8) is 0 Å². The molecule has 0 saturated carbocycles. The number of anilines is 6. The van der Waals surface area contributed by atoms with Gasteiger partial charge in [-0.2, -0.15) is 0 Å². The van der Waals surface area contributed by atoms with E-state index >= 15 is 0 Å². The van der Waals surface area contributed by atoms with Crippen LogP contribution in [-0.4, -0.2) is 0 Å². The zero-order valence-corrected chi connectivity index (χ0v) is 39.8. The second-order valence-corrected chi connectivity index (χ2v) is 18.2. The van der Waals surface area contributed by atoms with Gasteiger partial charge in [-0.3, -0.25) is 0 Å². The van der Waals surface area contributed by atoms with Crippen LogP contribution in [0.3, 0.4) is 0 Å². The lowest BCUT2D eigenvalue weighted by Gasteiger charge is -2.27. The van der Waals surface area contributed by atoms with Gasteiger partial charge in [0.2, 0.25) is 0 Å². The summed E-state index contributed by atoms with van der Waals surface area (Å²) in [6.45, 7) is 0. The summed E-state index contributed by atoms with van der Waals surface area (Å²) in [5.74, 6) is 0. The molecule has 72 heavy (non-hydrogen) atoms. The minimum absolute atomic E-state index is 1.08. The van der Waals surface area contributed by atoms with Gasteiger partial charge in [-0.15, -0.1) is 0 Å². The fourth-order valence-electron chi connectivity index (χ4n) is 9.94. The van der Waals surface area contributed by atoms with Gasteiger partial charge >= 0.3 is 0 Å². The maximum atomic E-state index is 2.38. The van der Waals surface area contributed by atoms with Crippen LogP contribution in [0.2, 0.25) is 0 Å². The molecule has 0 N–H and O–H groups in total. The van der Waals surface area contributed by atoms with E-state index in [-0.39, 0.29) is 0 Å². The third-order valence-corrected chi connectivity index (χ3v) is 13.7. The predicted octanol–water partition coefficient (Wildman–Crippen LogP) is 19.8. The zero-order chi connectivity index (χ0) is 48.1. The van der Waals surface area contributed by atoms with Crippen LogP contribution in [0.15, 0.2) is 303 Å². The Balaban J connectivity index is 0.858. The van der Waals surface area contributed by atoms with Crippen molar-refractivity contribution in [2.45, 2.75) is 0 Å². The molecule has 0 aliphatic carbocycles. The summed E-state index contributed by atoms with van der Waals surface area (Å²) in [5.41, 5.74) is 20.9. The van der Waals surface area contributed by atoms with Crippen LogP contribution in [-0.2, 0) is 0 Å². The summed E-state index contributed by atoms with van der Waals surface area (Å²) < 4.78 is 0. The molecule has 0 aliphatic heterocycles. The fraction of sp³-hybridized carbons (Fsp3) is 0. The number of rotatable bonds is 12. The maximum Gasteiger partial charge on any atom is 0.0540 e. The minimum atomic E-state index is 1.08. The number of hydrogen-bond acceptors (Lipinski definition) is 2. The Morgan fingerprint density at radius 3 is 0.792 bits per heavy atom. The summed E-state index contributed by atoms with van der Waals surface area (Å²) >= 11 is 0. The van der Waals surface area contributed by atoms with Gasteiger partial charge in [-0.1, -0.05) is 224 Å². The number of fused-ring (bicyclic) bond motifs is 1. The molecule has 12 aromatic rings. The largest absolute Gasteiger partial charge is 0.311 e. The molecular weight excluding hydrogens is 869 g/mol. The molecule has 0 radical (unpaired) electrons. The van der Waals surface area contributed by atoms with E-state index in [1.54, 1.807) is 0 Å². The SMILES string of the molecule is c1ccc(-c2ccc(N(c3ccc(-c4ccc(N(c5ccc(-c6cccc(-c7ccccc7)c6)cc5)c5cccc6ccccc56)cc4)cc3)c3ccc(-c4cccc(-c5ccccc5)c4)cc3)cc2)cc1. The highest BCUT2D eigenvalue weighted by molar-refractivity contribution is 5.99. The molecule has 2 heteroatoms. The fourth-order valence-corrected chi connectivity index (χ4v) is 9.94. The Morgan fingerprint density at radius 2 is 0.417 bits per heavy atom. The van der Waals surface area contributed by atoms with E-state index < -0.39 is 0 Å². The molecule has 12 aromatic carbocycles. The van der Waals surface area contributed by atoms with Gasteiger partial charge in [0.25, 0.3) is 0 Å². The van der Waals surface area contributed by atoms with E-state index in [2.05, 4.69) is 313 Å². The van der Waals surface area contributed by atoms with Crippen molar-refractivity contribution in [1.29, 1.82) is 0 Å². The lowest BCUT2D eigenvalue weighted by Crippen LogP contribution is -2.10. The average Bonchev–Trinajstić information content (AvgIpc) is 3.47. The first kappa shape index (κ1) is 43.8. The van der Waals surface area contributed by atoms with Crippen molar-refractivity contribution in [2.24, 2.45) is 0 Å². The topological polar surface area (TPSA) is 6.48 Å². The highest BCUT2D eigenvalue weighted by Crippen LogP contribution is 2.42. The molecule has 0 unspecified atom stereocenters. The van der Waals surface area contributed by atoms with Crippen molar-refractivity contribution >= 4 is 44.9 Å². The molecule has 0 spiro atoms. The van der Waals surface area contributed by atoms with Crippen LogP contribution in [0.1, 0.15) is 0 Å². The normalized spacial score (nSPS) is 11.1. The van der Waals surface area contributed by atoms with Crippen LogP contribution in [0.5, 0.6) is 0 Å². The first-order valence-corrected chi connectivity index (χ1v) is 24.6. The van der Waals surface area contributed by atoms with Crippen LogP contribution in [0.25, 0.3) is 77.5 Å². The standard InChI is InChI=1S/C70H50N2/c1-4-15-51(16-5-1)54-29-39-64(40-30-54)71(66-43-35-57(36-44-66)62-25-12-23-60(49-62)52-17-6-2-7-18-52)65-41-31-55(32-42-65)56-33-45-67(46-34-56)72(70-28-14-22-59-21-10-11-27-69(59)70)68-47-37-58(38-48-68)63-26-13-24-61(50-63)53-19-8-3-9-20-53/h1-50H. The van der Waals surface area contributed by atoms with Crippen LogP contribution in [0, 0.1) is 0 Å². The van der Waals surface area contributed by atoms with Gasteiger partial charge in [0.15, 0.2) is 0 Å². The molecule has 12 rings (SSSR count). The van der Waals surface area contributed by atoms with Gasteiger partial charge in [-0.05, 0) is 151 Å². The molecule has 2 nitrogen and oxygen atoms in total. The molecular formula is C70H50N2. The van der Waals surface area contributed by atoms with Crippen molar-refractivity contribution < 1.29 is 0 Å². The lowest BCUT2D eigenvalue weighted by molar-refractivity contribution is 1.28. The predicted molar refractivity (Wildman–Crippen MR) is 306 cm³/mol. The Morgan fingerprint density at radius 1 is 0.167 bits per heavy atom. The molecule has 0 heterocycles. The number of nitrogens with zero attached hydrogens (tertiary/aromatic N) is 2. The summed E-state index contributed by atoms with van der Waals surface area (Å²) in [7, 11) is 0. The highest BCUT2D eigenvalue weighted by Gasteiger charge is 2.18. The average molecular weight is 919 g/mol. The zero-order valence-electron chi connectivity index (χ0n) is 39.8. The van der Waals surface area contributed by atoms with E-state index in [9.17, 15) is 0 Å². The van der Waals surface area contributed by atoms with Crippen LogP contribution < -0.4 is 9.80 Å². The van der Waals surface area contributed by atoms with Crippen molar-refractivity contribution in [3.8, 4) is 66.8 Å². The van der Waals surface area contributed by atoms with Gasteiger partial charge in [-0.25, -0.2) is 0 Å². The first-order chi connectivity index (χ1) is 35.7. The molecule has 0 amide bonds.